The van der Waals surface area contributed by atoms with Crippen LogP contribution in [0.2, 0.25) is 5.02 Å². The molecule has 0 aliphatic rings. The smallest absolute Gasteiger partial charge is 0.267 e. The zero-order valence-corrected chi connectivity index (χ0v) is 13.5. The fraction of sp³-hybridized carbons (Fsp3) is 0.143. The quantitative estimate of drug-likeness (QED) is 0.865. The number of hydrogen-bond donors (Lipinski definition) is 1. The van der Waals surface area contributed by atoms with Gasteiger partial charge >= 0.3 is 0 Å². The van der Waals surface area contributed by atoms with E-state index >= 15 is 0 Å². The molecular formula is C14H14ClFN2O3S. The Morgan fingerprint density at radius 1 is 1.27 bits per heavy atom. The Bertz CT molecular complexity index is 812. The van der Waals surface area contributed by atoms with Crippen molar-refractivity contribution in [3.05, 3.63) is 47.2 Å². The minimum absolute atomic E-state index is 0.0578. The number of methoxy groups -OCH3 is 1. The Kier molecular flexibility index (Phi) is 4.48. The second-order valence-electron chi connectivity index (χ2n) is 4.48. The SMILES string of the molecule is COc1cc(Cl)c(N)cc1S(=O)(=O)N(C)c1cccc(F)c1. The van der Waals surface area contributed by atoms with E-state index in [1.165, 1.54) is 44.5 Å². The summed E-state index contributed by atoms with van der Waals surface area (Å²) in [6.45, 7) is 0. The number of sulfonamides is 1. The van der Waals surface area contributed by atoms with Gasteiger partial charge in [-0.2, -0.15) is 0 Å². The molecule has 0 heterocycles. The van der Waals surface area contributed by atoms with E-state index in [9.17, 15) is 12.8 Å². The molecule has 0 amide bonds. The molecule has 2 N–H and O–H groups in total. The van der Waals surface area contributed by atoms with E-state index in [4.69, 9.17) is 22.1 Å². The summed E-state index contributed by atoms with van der Waals surface area (Å²) in [6.07, 6.45) is 0. The van der Waals surface area contributed by atoms with E-state index in [1.807, 2.05) is 0 Å². The molecule has 22 heavy (non-hydrogen) atoms. The van der Waals surface area contributed by atoms with Gasteiger partial charge in [-0.15, -0.1) is 0 Å². The maximum Gasteiger partial charge on any atom is 0.267 e. The molecular weight excluding hydrogens is 331 g/mol. The lowest BCUT2D eigenvalue weighted by Gasteiger charge is -2.21. The number of halogens is 2. The zero-order valence-electron chi connectivity index (χ0n) is 11.9. The van der Waals surface area contributed by atoms with Crippen LogP contribution in [-0.2, 0) is 10.0 Å². The maximum absolute atomic E-state index is 13.3. The number of benzene rings is 2. The molecule has 0 saturated carbocycles. The molecule has 118 valence electrons. The van der Waals surface area contributed by atoms with Gasteiger partial charge in [-0.1, -0.05) is 17.7 Å². The Morgan fingerprint density at radius 2 is 1.95 bits per heavy atom. The van der Waals surface area contributed by atoms with Crippen LogP contribution in [0.5, 0.6) is 5.75 Å². The first-order chi connectivity index (χ1) is 10.3. The summed E-state index contributed by atoms with van der Waals surface area (Å²) >= 11 is 5.87. The summed E-state index contributed by atoms with van der Waals surface area (Å²) in [5.74, 6) is -0.482. The molecule has 0 spiro atoms. The molecule has 0 fully saturated rings. The summed E-state index contributed by atoms with van der Waals surface area (Å²) < 4.78 is 44.7. The lowest BCUT2D eigenvalue weighted by molar-refractivity contribution is 0.403. The Morgan fingerprint density at radius 3 is 2.55 bits per heavy atom. The summed E-state index contributed by atoms with van der Waals surface area (Å²) in [4.78, 5) is -0.149. The molecule has 0 bridgehead atoms. The second kappa shape index (κ2) is 6.02. The van der Waals surface area contributed by atoms with E-state index in [0.29, 0.717) is 0 Å². The maximum atomic E-state index is 13.3. The van der Waals surface area contributed by atoms with Gasteiger partial charge in [0.15, 0.2) is 0 Å². The molecule has 8 heteroatoms. The van der Waals surface area contributed by atoms with Crippen LogP contribution in [0.4, 0.5) is 15.8 Å². The van der Waals surface area contributed by atoms with Crippen molar-refractivity contribution >= 4 is 33.0 Å². The van der Waals surface area contributed by atoms with Gasteiger partial charge in [0, 0.05) is 13.1 Å². The summed E-state index contributed by atoms with van der Waals surface area (Å²) in [6, 6.07) is 7.78. The number of hydrogen-bond acceptors (Lipinski definition) is 4. The highest BCUT2D eigenvalue weighted by Gasteiger charge is 2.26. The molecule has 0 saturated heterocycles. The first-order valence-corrected chi connectivity index (χ1v) is 7.96. The molecule has 0 aromatic heterocycles. The summed E-state index contributed by atoms with van der Waals surface area (Å²) in [5, 5.41) is 0.184. The van der Waals surface area contributed by atoms with Crippen molar-refractivity contribution in [2.75, 3.05) is 24.2 Å². The van der Waals surface area contributed by atoms with Gasteiger partial charge in [-0.25, -0.2) is 12.8 Å². The number of nitrogen functional groups attached to an aromatic ring is 1. The minimum atomic E-state index is -3.99. The minimum Gasteiger partial charge on any atom is -0.495 e. The normalized spacial score (nSPS) is 11.3. The monoisotopic (exact) mass is 344 g/mol. The van der Waals surface area contributed by atoms with Gasteiger partial charge < -0.3 is 10.5 Å². The lowest BCUT2D eigenvalue weighted by Crippen LogP contribution is -2.27. The van der Waals surface area contributed by atoms with Crippen molar-refractivity contribution in [3.8, 4) is 5.75 Å². The highest BCUT2D eigenvalue weighted by molar-refractivity contribution is 7.93. The van der Waals surface area contributed by atoms with E-state index in [-0.39, 0.29) is 27.0 Å². The zero-order chi connectivity index (χ0) is 16.5. The van der Waals surface area contributed by atoms with Crippen LogP contribution in [-0.4, -0.2) is 22.6 Å². The van der Waals surface area contributed by atoms with E-state index in [2.05, 4.69) is 0 Å². The molecule has 0 unspecified atom stereocenters. The number of ether oxygens (including phenoxy) is 1. The molecule has 0 aliphatic carbocycles. The van der Waals surface area contributed by atoms with Gasteiger partial charge in [-0.3, -0.25) is 4.31 Å². The van der Waals surface area contributed by atoms with E-state index in [0.717, 1.165) is 10.4 Å². The van der Waals surface area contributed by atoms with Crippen molar-refractivity contribution in [2.45, 2.75) is 4.90 Å². The fourth-order valence-electron chi connectivity index (χ4n) is 1.87. The van der Waals surface area contributed by atoms with Gasteiger partial charge in [0.05, 0.1) is 23.5 Å². The van der Waals surface area contributed by atoms with Crippen molar-refractivity contribution in [1.29, 1.82) is 0 Å². The standard InChI is InChI=1S/C14H14ClFN2O3S/c1-18(10-5-3-4-9(16)6-10)22(19,20)14-8-12(17)11(15)7-13(14)21-2/h3-8H,17H2,1-2H3. The van der Waals surface area contributed by atoms with E-state index in [1.54, 1.807) is 0 Å². The summed E-state index contributed by atoms with van der Waals surface area (Å²) in [7, 11) is -1.35. The first kappa shape index (κ1) is 16.4. The molecule has 2 aromatic rings. The molecule has 2 rings (SSSR count). The molecule has 0 atom stereocenters. The predicted octanol–water partition coefficient (Wildman–Crippen LogP) is 2.90. The van der Waals surface area contributed by atoms with Crippen LogP contribution >= 0.6 is 11.6 Å². The number of rotatable bonds is 4. The van der Waals surface area contributed by atoms with Crippen LogP contribution in [0.25, 0.3) is 0 Å². The third kappa shape index (κ3) is 2.95. The van der Waals surface area contributed by atoms with Gasteiger partial charge in [0.2, 0.25) is 0 Å². The molecule has 0 aliphatic heterocycles. The summed E-state index contributed by atoms with van der Waals surface area (Å²) in [5.41, 5.74) is 5.96. The number of nitrogens with zero attached hydrogens (tertiary/aromatic N) is 1. The molecule has 0 radical (unpaired) electrons. The third-order valence-corrected chi connectivity index (χ3v) is 5.23. The van der Waals surface area contributed by atoms with Crippen LogP contribution in [0, 0.1) is 5.82 Å². The Balaban J connectivity index is 2.57. The fourth-order valence-corrected chi connectivity index (χ4v) is 3.38. The van der Waals surface area contributed by atoms with Crippen LogP contribution < -0.4 is 14.8 Å². The average molecular weight is 345 g/mol. The lowest BCUT2D eigenvalue weighted by atomic mass is 10.3. The van der Waals surface area contributed by atoms with Crippen molar-refractivity contribution in [1.82, 2.24) is 0 Å². The highest BCUT2D eigenvalue weighted by atomic mass is 35.5. The van der Waals surface area contributed by atoms with Gasteiger partial charge in [0.25, 0.3) is 10.0 Å². The van der Waals surface area contributed by atoms with Gasteiger partial charge in [0.1, 0.15) is 16.5 Å². The number of nitrogens with two attached hydrogens (primary N) is 1. The first-order valence-electron chi connectivity index (χ1n) is 6.15. The van der Waals surface area contributed by atoms with Crippen LogP contribution in [0.3, 0.4) is 0 Å². The molecule has 2 aromatic carbocycles. The van der Waals surface area contributed by atoms with Crippen molar-refractivity contribution < 1.29 is 17.5 Å². The topological polar surface area (TPSA) is 72.6 Å². The van der Waals surface area contributed by atoms with Crippen molar-refractivity contribution in [3.63, 3.8) is 0 Å². The second-order valence-corrected chi connectivity index (χ2v) is 6.82. The van der Waals surface area contributed by atoms with Gasteiger partial charge in [-0.05, 0) is 24.3 Å². The largest absolute Gasteiger partial charge is 0.495 e. The molecule has 5 nitrogen and oxygen atoms in total. The highest BCUT2D eigenvalue weighted by Crippen LogP contribution is 2.34. The van der Waals surface area contributed by atoms with Crippen LogP contribution in [0.15, 0.2) is 41.3 Å². The third-order valence-electron chi connectivity index (χ3n) is 3.09. The number of anilines is 2. The van der Waals surface area contributed by atoms with Crippen LogP contribution in [0.1, 0.15) is 0 Å². The predicted molar refractivity (Wildman–Crippen MR) is 84.4 cm³/mol. The van der Waals surface area contributed by atoms with Crippen molar-refractivity contribution in [2.24, 2.45) is 0 Å². The Hall–Kier alpha value is -1.99. The Labute approximate surface area is 133 Å². The van der Waals surface area contributed by atoms with E-state index < -0.39 is 15.8 Å². The average Bonchev–Trinajstić information content (AvgIpc) is 2.48.